The minimum Gasteiger partial charge on any atom is -0.490 e. The first-order valence-corrected chi connectivity index (χ1v) is 9.60. The molecule has 0 saturated heterocycles. The Morgan fingerprint density at radius 3 is 1.80 bits per heavy atom. The highest BCUT2D eigenvalue weighted by Gasteiger charge is 2.23. The van der Waals surface area contributed by atoms with Crippen LogP contribution in [-0.2, 0) is 9.59 Å². The van der Waals surface area contributed by atoms with Crippen molar-refractivity contribution in [1.82, 2.24) is 0 Å². The zero-order valence-electron chi connectivity index (χ0n) is 17.6. The molecule has 0 aliphatic rings. The molecule has 30 heavy (non-hydrogen) atoms. The summed E-state index contributed by atoms with van der Waals surface area (Å²) in [5.41, 5.74) is 0.548. The standard InChI is InChI=1S/C25H24O5/c1-14(2)24(26)29-22-17-10-7-8-11-18(17)23(30-25(27)15(3)4)21-19(22)12-9-13-20(21)28-16(5)6/h7-13,16H,1,3H2,2,4-6H3. The molecule has 0 aliphatic heterocycles. The summed E-state index contributed by atoms with van der Waals surface area (Å²) < 4.78 is 17.5. The largest absolute Gasteiger partial charge is 0.490 e. The molecule has 5 heteroatoms. The summed E-state index contributed by atoms with van der Waals surface area (Å²) in [7, 11) is 0. The van der Waals surface area contributed by atoms with Gasteiger partial charge in [-0.15, -0.1) is 0 Å². The Balaban J connectivity index is 2.44. The predicted molar refractivity (Wildman–Crippen MR) is 118 cm³/mol. The normalized spacial score (nSPS) is 10.8. The van der Waals surface area contributed by atoms with Crippen molar-refractivity contribution in [2.75, 3.05) is 0 Å². The van der Waals surface area contributed by atoms with Crippen molar-refractivity contribution in [3.8, 4) is 17.2 Å². The summed E-state index contributed by atoms with van der Waals surface area (Å²) in [5.74, 6) is 0.124. The molecule has 0 N–H and O–H groups in total. The second-order valence-electron chi connectivity index (χ2n) is 7.39. The molecule has 0 atom stereocenters. The van der Waals surface area contributed by atoms with Crippen molar-refractivity contribution >= 4 is 33.5 Å². The van der Waals surface area contributed by atoms with E-state index in [1.54, 1.807) is 38.1 Å². The van der Waals surface area contributed by atoms with Crippen LogP contribution in [0.25, 0.3) is 21.5 Å². The van der Waals surface area contributed by atoms with Crippen molar-refractivity contribution in [2.45, 2.75) is 33.8 Å². The van der Waals surface area contributed by atoms with Gasteiger partial charge in [0.15, 0.2) is 5.75 Å². The minimum absolute atomic E-state index is 0.117. The SMILES string of the molecule is C=C(C)C(=O)Oc1c2ccccc2c(OC(=O)C(=C)C)c2c(OC(C)C)cccc12. The zero-order chi connectivity index (χ0) is 22.0. The summed E-state index contributed by atoms with van der Waals surface area (Å²) in [4.78, 5) is 24.8. The van der Waals surface area contributed by atoms with Crippen LogP contribution in [0.15, 0.2) is 66.8 Å². The van der Waals surface area contributed by atoms with Crippen molar-refractivity contribution < 1.29 is 23.8 Å². The number of fused-ring (bicyclic) bond motifs is 2. The average Bonchev–Trinajstić information content (AvgIpc) is 2.69. The topological polar surface area (TPSA) is 61.8 Å². The van der Waals surface area contributed by atoms with Crippen LogP contribution >= 0.6 is 0 Å². The third-order valence-corrected chi connectivity index (χ3v) is 4.36. The molecule has 0 unspecified atom stereocenters. The van der Waals surface area contributed by atoms with Gasteiger partial charge < -0.3 is 14.2 Å². The molecular formula is C25H24O5. The quantitative estimate of drug-likeness (QED) is 0.227. The van der Waals surface area contributed by atoms with Gasteiger partial charge in [0.2, 0.25) is 0 Å². The molecule has 0 spiro atoms. The van der Waals surface area contributed by atoms with Crippen LogP contribution in [0.5, 0.6) is 17.2 Å². The van der Waals surface area contributed by atoms with E-state index in [0.717, 1.165) is 0 Å². The fraction of sp³-hybridized carbons (Fsp3) is 0.200. The lowest BCUT2D eigenvalue weighted by molar-refractivity contribution is -0.130. The van der Waals surface area contributed by atoms with Crippen LogP contribution in [0.1, 0.15) is 27.7 Å². The monoisotopic (exact) mass is 404 g/mol. The van der Waals surface area contributed by atoms with Crippen LogP contribution in [0.3, 0.4) is 0 Å². The summed E-state index contributed by atoms with van der Waals surface area (Å²) in [6.45, 7) is 14.3. The molecule has 0 aliphatic carbocycles. The van der Waals surface area contributed by atoms with Crippen molar-refractivity contribution in [1.29, 1.82) is 0 Å². The fourth-order valence-corrected chi connectivity index (χ4v) is 3.04. The van der Waals surface area contributed by atoms with Gasteiger partial charge >= 0.3 is 11.9 Å². The van der Waals surface area contributed by atoms with Gasteiger partial charge in [0.1, 0.15) is 11.5 Å². The molecule has 3 rings (SSSR count). The molecule has 0 saturated carbocycles. The number of hydrogen-bond acceptors (Lipinski definition) is 5. The lowest BCUT2D eigenvalue weighted by Crippen LogP contribution is -2.12. The van der Waals surface area contributed by atoms with Gasteiger partial charge in [0.25, 0.3) is 0 Å². The van der Waals surface area contributed by atoms with E-state index in [1.807, 2.05) is 32.0 Å². The highest BCUT2D eigenvalue weighted by molar-refractivity contribution is 6.15. The molecule has 0 bridgehead atoms. The molecule has 154 valence electrons. The number of hydrogen-bond donors (Lipinski definition) is 0. The van der Waals surface area contributed by atoms with E-state index in [9.17, 15) is 9.59 Å². The minimum atomic E-state index is -0.549. The Morgan fingerprint density at radius 1 is 0.767 bits per heavy atom. The van der Waals surface area contributed by atoms with Crippen LogP contribution in [0.2, 0.25) is 0 Å². The van der Waals surface area contributed by atoms with E-state index in [1.165, 1.54) is 0 Å². The van der Waals surface area contributed by atoms with Gasteiger partial charge in [0, 0.05) is 27.3 Å². The highest BCUT2D eigenvalue weighted by atomic mass is 16.5. The van der Waals surface area contributed by atoms with Crippen LogP contribution in [0, 0.1) is 0 Å². The first-order chi connectivity index (χ1) is 14.2. The summed E-state index contributed by atoms with van der Waals surface area (Å²) >= 11 is 0. The highest BCUT2D eigenvalue weighted by Crippen LogP contribution is 2.47. The molecule has 3 aromatic carbocycles. The van der Waals surface area contributed by atoms with Gasteiger partial charge in [-0.3, -0.25) is 0 Å². The molecular weight excluding hydrogens is 380 g/mol. The van der Waals surface area contributed by atoms with Crippen LogP contribution in [0.4, 0.5) is 0 Å². The number of benzene rings is 3. The van der Waals surface area contributed by atoms with E-state index < -0.39 is 11.9 Å². The van der Waals surface area contributed by atoms with Gasteiger partial charge in [-0.1, -0.05) is 49.6 Å². The van der Waals surface area contributed by atoms with E-state index in [0.29, 0.717) is 38.8 Å². The number of rotatable bonds is 6. The Labute approximate surface area is 175 Å². The second kappa shape index (κ2) is 8.41. The molecule has 5 nitrogen and oxygen atoms in total. The third kappa shape index (κ3) is 4.06. The predicted octanol–water partition coefficient (Wildman–Crippen LogP) is 5.74. The Kier molecular flexibility index (Phi) is 5.92. The van der Waals surface area contributed by atoms with Crippen molar-refractivity contribution in [2.24, 2.45) is 0 Å². The van der Waals surface area contributed by atoms with Crippen LogP contribution in [-0.4, -0.2) is 18.0 Å². The summed E-state index contributed by atoms with van der Waals surface area (Å²) in [6.07, 6.45) is -0.117. The lowest BCUT2D eigenvalue weighted by Gasteiger charge is -2.19. The Hall–Kier alpha value is -3.60. The smallest absolute Gasteiger partial charge is 0.338 e. The summed E-state index contributed by atoms with van der Waals surface area (Å²) in [5, 5.41) is 2.38. The molecule has 0 aromatic heterocycles. The van der Waals surface area contributed by atoms with Crippen molar-refractivity contribution in [3.05, 3.63) is 66.8 Å². The maximum Gasteiger partial charge on any atom is 0.338 e. The van der Waals surface area contributed by atoms with Gasteiger partial charge in [-0.2, -0.15) is 0 Å². The fourth-order valence-electron chi connectivity index (χ4n) is 3.04. The number of carbonyl (C=O) groups is 2. The zero-order valence-corrected chi connectivity index (χ0v) is 17.6. The number of ether oxygens (including phenoxy) is 3. The van der Waals surface area contributed by atoms with Gasteiger partial charge in [-0.05, 0) is 33.8 Å². The van der Waals surface area contributed by atoms with Gasteiger partial charge in [0.05, 0.1) is 11.5 Å². The third-order valence-electron chi connectivity index (χ3n) is 4.36. The lowest BCUT2D eigenvalue weighted by atomic mass is 9.99. The van der Waals surface area contributed by atoms with E-state index in [-0.39, 0.29) is 17.3 Å². The van der Waals surface area contributed by atoms with E-state index in [2.05, 4.69) is 13.2 Å². The molecule has 0 amide bonds. The molecule has 0 fully saturated rings. The van der Waals surface area contributed by atoms with E-state index >= 15 is 0 Å². The maximum absolute atomic E-state index is 12.4. The first kappa shape index (κ1) is 21.1. The maximum atomic E-state index is 12.4. The van der Waals surface area contributed by atoms with Gasteiger partial charge in [-0.25, -0.2) is 9.59 Å². The summed E-state index contributed by atoms with van der Waals surface area (Å²) in [6, 6.07) is 12.7. The second-order valence-corrected chi connectivity index (χ2v) is 7.39. The molecule has 3 aromatic rings. The van der Waals surface area contributed by atoms with E-state index in [4.69, 9.17) is 14.2 Å². The average molecular weight is 404 g/mol. The molecule has 0 heterocycles. The number of carbonyl (C=O) groups excluding carboxylic acids is 2. The number of esters is 2. The molecule has 0 radical (unpaired) electrons. The Morgan fingerprint density at radius 2 is 1.27 bits per heavy atom. The van der Waals surface area contributed by atoms with Crippen molar-refractivity contribution in [3.63, 3.8) is 0 Å². The first-order valence-electron chi connectivity index (χ1n) is 9.60. The van der Waals surface area contributed by atoms with Crippen LogP contribution < -0.4 is 14.2 Å². The Bertz CT molecular complexity index is 1190.